The molecule has 2 rings (SSSR count). The van der Waals surface area contributed by atoms with E-state index in [2.05, 4.69) is 5.32 Å². The van der Waals surface area contributed by atoms with E-state index in [9.17, 15) is 9.59 Å². The van der Waals surface area contributed by atoms with Crippen LogP contribution in [0.5, 0.6) is 0 Å². The Balaban J connectivity index is 2.39. The van der Waals surface area contributed by atoms with Gasteiger partial charge in [0.15, 0.2) is 0 Å². The molecule has 96 valence electrons. The Morgan fingerprint density at radius 3 is 2.33 bits per heavy atom. The molecule has 0 radical (unpaired) electrons. The second-order valence-electron chi connectivity index (χ2n) is 4.62. The topological polar surface area (TPSA) is 49.4 Å². The molecule has 4 nitrogen and oxygen atoms in total. The lowest BCUT2D eigenvalue weighted by molar-refractivity contribution is -0.128. The lowest BCUT2D eigenvalue weighted by Gasteiger charge is -2.39. The smallest absolute Gasteiger partial charge is 0.328 e. The number of imide groups is 1. The lowest BCUT2D eigenvalue weighted by atomic mass is 9.79. The number of nitrogens with zero attached hydrogens (tertiary/aromatic N) is 1. The van der Waals surface area contributed by atoms with Gasteiger partial charge in [-0.05, 0) is 25.0 Å². The lowest BCUT2D eigenvalue weighted by Crippen LogP contribution is -2.60. The summed E-state index contributed by atoms with van der Waals surface area (Å²) in [4.78, 5) is 25.8. The normalized spacial score (nSPS) is 18.7. The first kappa shape index (κ1) is 12.6. The highest BCUT2D eigenvalue weighted by Crippen LogP contribution is 2.33. The Kier molecular flexibility index (Phi) is 3.36. The van der Waals surface area contributed by atoms with E-state index in [1.807, 2.05) is 32.0 Å². The molecule has 1 aromatic carbocycles. The van der Waals surface area contributed by atoms with Crippen LogP contribution in [0.15, 0.2) is 30.3 Å². The Labute approximate surface area is 107 Å². The monoisotopic (exact) mass is 246 g/mol. The third-order valence-corrected chi connectivity index (χ3v) is 3.81. The van der Waals surface area contributed by atoms with Crippen molar-refractivity contribution in [3.05, 3.63) is 30.3 Å². The van der Waals surface area contributed by atoms with E-state index in [4.69, 9.17) is 0 Å². The maximum atomic E-state index is 12.6. The minimum atomic E-state index is -0.469. The third-order valence-electron chi connectivity index (χ3n) is 3.81. The fraction of sp³-hybridized carbons (Fsp3) is 0.429. The number of urea groups is 1. The molecular formula is C14H18N2O2. The van der Waals surface area contributed by atoms with Crippen molar-refractivity contribution in [1.82, 2.24) is 5.32 Å². The SMILES string of the molecule is CCC1(CC)CNC(=O)N(c2ccccc2)C1=O. The largest absolute Gasteiger partial charge is 0.336 e. The molecule has 18 heavy (non-hydrogen) atoms. The van der Waals surface area contributed by atoms with Crippen molar-refractivity contribution >= 4 is 17.6 Å². The van der Waals surface area contributed by atoms with Gasteiger partial charge < -0.3 is 5.32 Å². The predicted octanol–water partition coefficient (Wildman–Crippen LogP) is 2.55. The van der Waals surface area contributed by atoms with E-state index < -0.39 is 5.41 Å². The number of amides is 3. The number of anilines is 1. The Morgan fingerprint density at radius 1 is 1.17 bits per heavy atom. The molecule has 0 spiro atoms. The molecule has 1 aliphatic heterocycles. The molecule has 1 fully saturated rings. The Hall–Kier alpha value is -1.84. The predicted molar refractivity (Wildman–Crippen MR) is 70.3 cm³/mol. The molecule has 0 saturated carbocycles. The summed E-state index contributed by atoms with van der Waals surface area (Å²) in [6.45, 7) is 4.41. The summed E-state index contributed by atoms with van der Waals surface area (Å²) in [6.07, 6.45) is 1.46. The first-order valence-electron chi connectivity index (χ1n) is 6.32. The van der Waals surface area contributed by atoms with Gasteiger partial charge in [0, 0.05) is 6.54 Å². The van der Waals surface area contributed by atoms with Gasteiger partial charge >= 0.3 is 6.03 Å². The van der Waals surface area contributed by atoms with Crippen LogP contribution in [0.2, 0.25) is 0 Å². The van der Waals surface area contributed by atoms with E-state index in [1.165, 1.54) is 4.90 Å². The first-order chi connectivity index (χ1) is 8.64. The number of benzene rings is 1. The van der Waals surface area contributed by atoms with Crippen molar-refractivity contribution in [1.29, 1.82) is 0 Å². The van der Waals surface area contributed by atoms with Gasteiger partial charge in [-0.15, -0.1) is 0 Å². The van der Waals surface area contributed by atoms with E-state index >= 15 is 0 Å². The summed E-state index contributed by atoms with van der Waals surface area (Å²) in [5.41, 5.74) is 0.162. The minimum Gasteiger partial charge on any atom is -0.336 e. The minimum absolute atomic E-state index is 0.0950. The standard InChI is InChI=1S/C14H18N2O2/c1-3-14(4-2)10-15-13(18)16(12(14)17)11-8-6-5-7-9-11/h5-9H,3-4,10H2,1-2H3,(H,15,18). The highest BCUT2D eigenvalue weighted by Gasteiger charge is 2.45. The van der Waals surface area contributed by atoms with Crippen LogP contribution in [0.25, 0.3) is 0 Å². The van der Waals surface area contributed by atoms with Crippen LogP contribution >= 0.6 is 0 Å². The highest BCUT2D eigenvalue weighted by atomic mass is 16.2. The number of hydrogen-bond donors (Lipinski definition) is 1. The number of para-hydroxylation sites is 1. The molecule has 1 aliphatic rings. The van der Waals surface area contributed by atoms with Gasteiger partial charge in [-0.1, -0.05) is 32.0 Å². The number of rotatable bonds is 3. The number of hydrogen-bond acceptors (Lipinski definition) is 2. The summed E-state index contributed by atoms with van der Waals surface area (Å²) in [5.74, 6) is -0.0950. The maximum Gasteiger partial charge on any atom is 0.328 e. The Morgan fingerprint density at radius 2 is 1.78 bits per heavy atom. The zero-order valence-electron chi connectivity index (χ0n) is 10.8. The summed E-state index contributed by atoms with van der Waals surface area (Å²) < 4.78 is 0. The maximum absolute atomic E-state index is 12.6. The van der Waals surface area contributed by atoms with E-state index in [-0.39, 0.29) is 11.9 Å². The summed E-state index contributed by atoms with van der Waals surface area (Å²) in [5, 5.41) is 2.82. The van der Waals surface area contributed by atoms with Gasteiger partial charge in [0.1, 0.15) is 0 Å². The van der Waals surface area contributed by atoms with Crippen molar-refractivity contribution in [3.8, 4) is 0 Å². The number of carbonyl (C=O) groups is 2. The van der Waals surface area contributed by atoms with Crippen LogP contribution in [0, 0.1) is 5.41 Å². The average molecular weight is 246 g/mol. The molecule has 1 aromatic rings. The molecule has 1 N–H and O–H groups in total. The fourth-order valence-electron chi connectivity index (χ4n) is 2.34. The van der Waals surface area contributed by atoms with E-state index in [0.29, 0.717) is 12.2 Å². The van der Waals surface area contributed by atoms with Crippen LogP contribution in [0.1, 0.15) is 26.7 Å². The van der Waals surface area contributed by atoms with Crippen LogP contribution in [-0.4, -0.2) is 18.5 Å². The van der Waals surface area contributed by atoms with Gasteiger partial charge in [0.2, 0.25) is 5.91 Å². The average Bonchev–Trinajstić information content (AvgIpc) is 2.41. The van der Waals surface area contributed by atoms with E-state index in [0.717, 1.165) is 12.8 Å². The molecule has 0 unspecified atom stereocenters. The molecular weight excluding hydrogens is 228 g/mol. The second-order valence-corrected chi connectivity index (χ2v) is 4.62. The van der Waals surface area contributed by atoms with Gasteiger partial charge in [0.25, 0.3) is 0 Å². The van der Waals surface area contributed by atoms with Crippen LogP contribution in [0.3, 0.4) is 0 Å². The molecule has 1 saturated heterocycles. The third kappa shape index (κ3) is 1.88. The van der Waals surface area contributed by atoms with Crippen molar-refractivity contribution < 1.29 is 9.59 Å². The molecule has 3 amide bonds. The van der Waals surface area contributed by atoms with E-state index in [1.54, 1.807) is 12.1 Å². The number of nitrogens with one attached hydrogen (secondary N) is 1. The van der Waals surface area contributed by atoms with Crippen LogP contribution in [-0.2, 0) is 4.79 Å². The van der Waals surface area contributed by atoms with Gasteiger partial charge in [-0.3, -0.25) is 4.79 Å². The molecule has 1 heterocycles. The molecule has 0 aliphatic carbocycles. The van der Waals surface area contributed by atoms with Crippen molar-refractivity contribution in [2.45, 2.75) is 26.7 Å². The molecule has 0 aromatic heterocycles. The first-order valence-corrected chi connectivity index (χ1v) is 6.32. The zero-order chi connectivity index (χ0) is 13.2. The summed E-state index contributed by atoms with van der Waals surface area (Å²) in [6, 6.07) is 8.73. The summed E-state index contributed by atoms with van der Waals surface area (Å²) >= 11 is 0. The van der Waals surface area contributed by atoms with Gasteiger partial charge in [-0.25, -0.2) is 9.69 Å². The van der Waals surface area contributed by atoms with Crippen LogP contribution < -0.4 is 10.2 Å². The molecule has 4 heteroatoms. The molecule has 0 bridgehead atoms. The van der Waals surface area contributed by atoms with Crippen molar-refractivity contribution in [2.75, 3.05) is 11.4 Å². The van der Waals surface area contributed by atoms with Crippen LogP contribution in [0.4, 0.5) is 10.5 Å². The quantitative estimate of drug-likeness (QED) is 0.891. The van der Waals surface area contributed by atoms with Crippen molar-refractivity contribution in [3.63, 3.8) is 0 Å². The molecule has 0 atom stereocenters. The fourth-order valence-corrected chi connectivity index (χ4v) is 2.34. The van der Waals surface area contributed by atoms with Crippen molar-refractivity contribution in [2.24, 2.45) is 5.41 Å². The van der Waals surface area contributed by atoms with Gasteiger partial charge in [0.05, 0.1) is 11.1 Å². The summed E-state index contributed by atoms with van der Waals surface area (Å²) in [7, 11) is 0. The Bertz CT molecular complexity index is 452. The van der Waals surface area contributed by atoms with Gasteiger partial charge in [-0.2, -0.15) is 0 Å². The highest BCUT2D eigenvalue weighted by molar-refractivity contribution is 6.17. The number of carbonyl (C=O) groups excluding carboxylic acids is 2. The second kappa shape index (κ2) is 4.80. The zero-order valence-corrected chi connectivity index (χ0v) is 10.8.